The molecule has 0 saturated heterocycles. The van der Waals surface area contributed by atoms with Gasteiger partial charge in [-0.25, -0.2) is 9.97 Å². The lowest BCUT2D eigenvalue weighted by Crippen LogP contribution is -2.28. The van der Waals surface area contributed by atoms with Gasteiger partial charge in [0.1, 0.15) is 11.6 Å². The Morgan fingerprint density at radius 3 is 2.76 bits per heavy atom. The first-order valence-electron chi connectivity index (χ1n) is 7.08. The standard InChI is InChI=1S/C14H17F3N4/c1-18-11-6-5-10-13(20-11)21-12(19-10)8-3-2-4-9(7-8)14(15,16)17/h5-6,8-9H,2-4,7H2,1H3,(H2,18,19,20,21). The number of nitrogens with zero attached hydrogens (tertiary/aromatic N) is 2. The van der Waals surface area contributed by atoms with Gasteiger partial charge in [-0.3, -0.25) is 0 Å². The predicted molar refractivity (Wildman–Crippen MR) is 74.2 cm³/mol. The molecule has 4 nitrogen and oxygen atoms in total. The summed E-state index contributed by atoms with van der Waals surface area (Å²) < 4.78 is 38.6. The second-order valence-corrected chi connectivity index (χ2v) is 5.54. The SMILES string of the molecule is CNc1ccc2[nH]c(C3CCCC(C(F)(F)F)C3)nc2n1. The molecule has 1 saturated carbocycles. The lowest BCUT2D eigenvalue weighted by atomic mass is 9.80. The lowest BCUT2D eigenvalue weighted by molar-refractivity contribution is -0.183. The van der Waals surface area contributed by atoms with Crippen molar-refractivity contribution < 1.29 is 13.2 Å². The van der Waals surface area contributed by atoms with Crippen molar-refractivity contribution in [2.75, 3.05) is 12.4 Å². The number of alkyl halides is 3. The van der Waals surface area contributed by atoms with E-state index in [1.165, 1.54) is 0 Å². The Labute approximate surface area is 120 Å². The van der Waals surface area contributed by atoms with Crippen LogP contribution in [-0.4, -0.2) is 28.2 Å². The first-order valence-corrected chi connectivity index (χ1v) is 7.08. The first-order chi connectivity index (χ1) is 9.97. The van der Waals surface area contributed by atoms with Gasteiger partial charge in [0, 0.05) is 13.0 Å². The summed E-state index contributed by atoms with van der Waals surface area (Å²) >= 11 is 0. The number of H-pyrrole nitrogens is 1. The largest absolute Gasteiger partial charge is 0.391 e. The third-order valence-electron chi connectivity index (χ3n) is 4.14. The maximum atomic E-state index is 12.9. The highest BCUT2D eigenvalue weighted by Crippen LogP contribution is 2.43. The van der Waals surface area contributed by atoms with Crippen LogP contribution in [0, 0.1) is 5.92 Å². The van der Waals surface area contributed by atoms with Crippen LogP contribution in [0.25, 0.3) is 11.2 Å². The molecule has 2 unspecified atom stereocenters. The first kappa shape index (κ1) is 14.2. The number of rotatable bonds is 2. The molecule has 0 radical (unpaired) electrons. The molecule has 3 rings (SSSR count). The van der Waals surface area contributed by atoms with E-state index in [0.29, 0.717) is 23.7 Å². The minimum atomic E-state index is -4.11. The van der Waals surface area contributed by atoms with E-state index in [-0.39, 0.29) is 18.8 Å². The smallest absolute Gasteiger partial charge is 0.373 e. The average Bonchev–Trinajstić information content (AvgIpc) is 2.89. The van der Waals surface area contributed by atoms with Crippen molar-refractivity contribution in [1.82, 2.24) is 15.0 Å². The van der Waals surface area contributed by atoms with Crippen molar-refractivity contribution in [3.05, 3.63) is 18.0 Å². The summed E-state index contributed by atoms with van der Waals surface area (Å²) in [4.78, 5) is 11.8. The Hall–Kier alpha value is -1.79. The molecular weight excluding hydrogens is 281 g/mol. The van der Waals surface area contributed by atoms with Gasteiger partial charge < -0.3 is 10.3 Å². The number of aromatic nitrogens is 3. The van der Waals surface area contributed by atoms with Crippen LogP contribution in [-0.2, 0) is 0 Å². The fraction of sp³-hybridized carbons (Fsp3) is 0.571. The van der Waals surface area contributed by atoms with E-state index in [1.54, 1.807) is 7.05 Å². The van der Waals surface area contributed by atoms with Crippen molar-refractivity contribution >= 4 is 17.0 Å². The van der Waals surface area contributed by atoms with Crippen molar-refractivity contribution in [3.63, 3.8) is 0 Å². The van der Waals surface area contributed by atoms with Crippen LogP contribution in [0.2, 0.25) is 0 Å². The van der Waals surface area contributed by atoms with E-state index >= 15 is 0 Å². The molecule has 0 amide bonds. The third-order valence-corrected chi connectivity index (χ3v) is 4.14. The van der Waals surface area contributed by atoms with Crippen molar-refractivity contribution in [1.29, 1.82) is 0 Å². The highest BCUT2D eigenvalue weighted by molar-refractivity contribution is 5.73. The van der Waals surface area contributed by atoms with Crippen molar-refractivity contribution in [3.8, 4) is 0 Å². The van der Waals surface area contributed by atoms with Gasteiger partial charge in [-0.05, 0) is 31.4 Å². The molecule has 0 aliphatic heterocycles. The van der Waals surface area contributed by atoms with E-state index in [4.69, 9.17) is 0 Å². The summed E-state index contributed by atoms with van der Waals surface area (Å²) in [5.41, 5.74) is 1.31. The number of fused-ring (bicyclic) bond motifs is 1. The maximum absolute atomic E-state index is 12.9. The molecule has 0 aromatic carbocycles. The van der Waals surface area contributed by atoms with E-state index in [9.17, 15) is 13.2 Å². The number of hydrogen-bond acceptors (Lipinski definition) is 3. The van der Waals surface area contributed by atoms with E-state index in [1.807, 2.05) is 12.1 Å². The Morgan fingerprint density at radius 2 is 2.05 bits per heavy atom. The second-order valence-electron chi connectivity index (χ2n) is 5.54. The van der Waals surface area contributed by atoms with Gasteiger partial charge >= 0.3 is 6.18 Å². The van der Waals surface area contributed by atoms with Crippen molar-refractivity contribution in [2.45, 2.75) is 37.8 Å². The van der Waals surface area contributed by atoms with Crippen LogP contribution in [0.3, 0.4) is 0 Å². The number of anilines is 1. The summed E-state index contributed by atoms with van der Waals surface area (Å²) in [6.45, 7) is 0. The number of halogens is 3. The van der Waals surface area contributed by atoms with Gasteiger partial charge in [0.15, 0.2) is 5.65 Å². The summed E-state index contributed by atoms with van der Waals surface area (Å²) in [6, 6.07) is 3.65. The molecule has 21 heavy (non-hydrogen) atoms. The topological polar surface area (TPSA) is 53.6 Å². The molecule has 2 aromatic rings. The summed E-state index contributed by atoms with van der Waals surface area (Å²) in [7, 11) is 1.76. The Morgan fingerprint density at radius 1 is 1.24 bits per heavy atom. The maximum Gasteiger partial charge on any atom is 0.391 e. The van der Waals surface area contributed by atoms with Crippen molar-refractivity contribution in [2.24, 2.45) is 5.92 Å². The quantitative estimate of drug-likeness (QED) is 0.885. The van der Waals surface area contributed by atoms with E-state index in [0.717, 1.165) is 11.9 Å². The van der Waals surface area contributed by atoms with Gasteiger partial charge in [0.05, 0.1) is 11.4 Å². The Balaban J connectivity index is 1.86. The average molecular weight is 298 g/mol. The molecule has 7 heteroatoms. The fourth-order valence-corrected chi connectivity index (χ4v) is 2.98. The summed E-state index contributed by atoms with van der Waals surface area (Å²) in [5, 5.41) is 2.92. The molecule has 2 aromatic heterocycles. The molecule has 1 aliphatic carbocycles. The highest BCUT2D eigenvalue weighted by Gasteiger charge is 2.42. The minimum absolute atomic E-state index is 0.113. The summed E-state index contributed by atoms with van der Waals surface area (Å²) in [6.07, 6.45) is -2.45. The third kappa shape index (κ3) is 2.82. The minimum Gasteiger partial charge on any atom is -0.373 e. The Bertz CT molecular complexity index is 635. The van der Waals surface area contributed by atoms with Crippen LogP contribution >= 0.6 is 0 Å². The number of hydrogen-bond donors (Lipinski definition) is 2. The lowest BCUT2D eigenvalue weighted by Gasteiger charge is -2.29. The molecule has 2 atom stereocenters. The van der Waals surface area contributed by atoms with Crippen LogP contribution in [0.1, 0.15) is 37.4 Å². The summed E-state index contributed by atoms with van der Waals surface area (Å²) in [5.74, 6) is -0.0695. The number of imidazole rings is 1. The monoisotopic (exact) mass is 298 g/mol. The molecule has 1 aliphatic rings. The normalized spacial score (nSPS) is 23.4. The van der Waals surface area contributed by atoms with Crippen LogP contribution in [0.4, 0.5) is 19.0 Å². The fourth-order valence-electron chi connectivity index (χ4n) is 2.98. The number of nitrogens with one attached hydrogen (secondary N) is 2. The second kappa shape index (κ2) is 5.20. The van der Waals surface area contributed by atoms with Gasteiger partial charge in [-0.1, -0.05) is 6.42 Å². The number of pyridine rings is 1. The van der Waals surface area contributed by atoms with Crippen LogP contribution in [0.5, 0.6) is 0 Å². The molecule has 0 spiro atoms. The molecule has 1 fully saturated rings. The van der Waals surface area contributed by atoms with Crippen LogP contribution < -0.4 is 5.32 Å². The molecule has 2 N–H and O–H groups in total. The van der Waals surface area contributed by atoms with Gasteiger partial charge in [-0.15, -0.1) is 0 Å². The van der Waals surface area contributed by atoms with Gasteiger partial charge in [0.2, 0.25) is 0 Å². The van der Waals surface area contributed by atoms with E-state index in [2.05, 4.69) is 20.3 Å². The zero-order valence-corrected chi connectivity index (χ0v) is 11.7. The highest BCUT2D eigenvalue weighted by atomic mass is 19.4. The molecule has 0 bridgehead atoms. The zero-order valence-electron chi connectivity index (χ0n) is 11.7. The molecule has 114 valence electrons. The predicted octanol–water partition coefficient (Wildman–Crippen LogP) is 3.84. The van der Waals surface area contributed by atoms with E-state index < -0.39 is 12.1 Å². The number of aromatic amines is 1. The van der Waals surface area contributed by atoms with Crippen LogP contribution in [0.15, 0.2) is 12.1 Å². The van der Waals surface area contributed by atoms with Gasteiger partial charge in [-0.2, -0.15) is 13.2 Å². The molecule has 2 heterocycles. The van der Waals surface area contributed by atoms with Gasteiger partial charge in [0.25, 0.3) is 0 Å². The Kier molecular flexibility index (Phi) is 3.51. The molecular formula is C14H17F3N4. The zero-order chi connectivity index (χ0) is 15.0.